The summed E-state index contributed by atoms with van der Waals surface area (Å²) in [5.41, 5.74) is 1.91. The first kappa shape index (κ1) is 14.4. The van der Waals surface area contributed by atoms with Gasteiger partial charge in [0, 0.05) is 17.7 Å². The van der Waals surface area contributed by atoms with Crippen molar-refractivity contribution >= 4 is 27.2 Å². The predicted molar refractivity (Wildman–Crippen MR) is 84.9 cm³/mol. The summed E-state index contributed by atoms with van der Waals surface area (Å²) in [7, 11) is 0. The Hall–Kier alpha value is -1.53. The molecule has 0 spiro atoms. The maximum atomic E-state index is 11.4. The first-order chi connectivity index (χ1) is 10.1. The lowest BCUT2D eigenvalue weighted by molar-refractivity contribution is -0.385. The van der Waals surface area contributed by atoms with Crippen molar-refractivity contribution in [3.63, 3.8) is 0 Å². The molecule has 1 aliphatic rings. The number of benzene rings is 1. The summed E-state index contributed by atoms with van der Waals surface area (Å²) in [4.78, 5) is 15.6. The summed E-state index contributed by atoms with van der Waals surface area (Å²) in [5, 5.41) is 15.8. The Kier molecular flexibility index (Phi) is 3.91. The second-order valence-electron chi connectivity index (χ2n) is 5.64. The fourth-order valence-corrected chi connectivity index (χ4v) is 3.70. The molecule has 1 aromatic heterocycles. The van der Waals surface area contributed by atoms with Gasteiger partial charge in [-0.3, -0.25) is 10.1 Å². The van der Waals surface area contributed by atoms with Crippen molar-refractivity contribution < 1.29 is 4.92 Å². The van der Waals surface area contributed by atoms with E-state index in [-0.39, 0.29) is 10.6 Å². The smallest absolute Gasteiger partial charge is 0.274 e. The molecule has 6 heteroatoms. The average Bonchev–Trinajstić information content (AvgIpc) is 3.19. The Balaban J connectivity index is 1.98. The van der Waals surface area contributed by atoms with E-state index < -0.39 is 0 Å². The van der Waals surface area contributed by atoms with Gasteiger partial charge >= 0.3 is 0 Å². The molecule has 0 saturated heterocycles. The molecule has 0 radical (unpaired) electrons. The van der Waals surface area contributed by atoms with Crippen LogP contribution in [0.15, 0.2) is 12.1 Å². The molecule has 5 nitrogen and oxygen atoms in total. The lowest BCUT2D eigenvalue weighted by Crippen LogP contribution is -2.33. The third-order valence-electron chi connectivity index (χ3n) is 3.99. The van der Waals surface area contributed by atoms with Crippen LogP contribution in [0.4, 0.5) is 5.69 Å². The van der Waals surface area contributed by atoms with Gasteiger partial charge in [-0.25, -0.2) is 4.98 Å². The minimum atomic E-state index is -0.264. The summed E-state index contributed by atoms with van der Waals surface area (Å²) < 4.78 is 0.898. The molecule has 0 amide bonds. The van der Waals surface area contributed by atoms with Gasteiger partial charge in [-0.2, -0.15) is 0 Å². The number of aryl methyl sites for hydroxylation is 1. The Bertz CT molecular complexity index is 679. The van der Waals surface area contributed by atoms with Crippen molar-refractivity contribution in [3.8, 4) is 0 Å². The summed E-state index contributed by atoms with van der Waals surface area (Å²) in [6.07, 6.45) is 3.16. The SMILES string of the molecule is CCNC(Cc1cc2nc(C)sc2cc1[N+](=O)[O-])C1CC1. The number of thiazole rings is 1. The minimum Gasteiger partial charge on any atom is -0.314 e. The highest BCUT2D eigenvalue weighted by Crippen LogP contribution is 2.36. The maximum Gasteiger partial charge on any atom is 0.274 e. The van der Waals surface area contributed by atoms with Gasteiger partial charge in [0.05, 0.1) is 20.1 Å². The van der Waals surface area contributed by atoms with Crippen molar-refractivity contribution in [2.24, 2.45) is 5.92 Å². The Morgan fingerprint density at radius 1 is 1.52 bits per heavy atom. The first-order valence-electron chi connectivity index (χ1n) is 7.36. The first-order valence-corrected chi connectivity index (χ1v) is 8.18. The van der Waals surface area contributed by atoms with E-state index in [2.05, 4.69) is 17.2 Å². The highest BCUT2D eigenvalue weighted by Gasteiger charge is 2.32. The normalized spacial score (nSPS) is 16.3. The van der Waals surface area contributed by atoms with Crippen LogP contribution in [-0.2, 0) is 6.42 Å². The molecule has 1 aliphatic carbocycles. The van der Waals surface area contributed by atoms with Crippen LogP contribution in [-0.4, -0.2) is 22.5 Å². The fourth-order valence-electron chi connectivity index (χ4n) is 2.86. The zero-order valence-electron chi connectivity index (χ0n) is 12.3. The summed E-state index contributed by atoms with van der Waals surface area (Å²) in [6, 6.07) is 3.93. The molecular weight excluding hydrogens is 286 g/mol. The third-order valence-corrected chi connectivity index (χ3v) is 4.92. The Morgan fingerprint density at radius 3 is 2.90 bits per heavy atom. The molecule has 1 aromatic carbocycles. The number of fused-ring (bicyclic) bond motifs is 1. The molecular formula is C15H19N3O2S. The van der Waals surface area contributed by atoms with Crippen LogP contribution in [0.2, 0.25) is 0 Å². The van der Waals surface area contributed by atoms with E-state index in [0.717, 1.165) is 27.3 Å². The van der Waals surface area contributed by atoms with E-state index in [1.54, 1.807) is 6.07 Å². The Labute approximate surface area is 127 Å². The maximum absolute atomic E-state index is 11.4. The molecule has 112 valence electrons. The molecule has 3 rings (SSSR count). The van der Waals surface area contributed by atoms with Crippen molar-refractivity contribution in [1.29, 1.82) is 0 Å². The van der Waals surface area contributed by atoms with Gasteiger partial charge in [0.1, 0.15) is 0 Å². The molecule has 1 atom stereocenters. The number of nitro groups is 1. The quantitative estimate of drug-likeness (QED) is 0.655. The number of nitrogens with one attached hydrogen (secondary N) is 1. The van der Waals surface area contributed by atoms with E-state index >= 15 is 0 Å². The van der Waals surface area contributed by atoms with Gasteiger partial charge in [-0.1, -0.05) is 6.92 Å². The van der Waals surface area contributed by atoms with Crippen LogP contribution >= 0.6 is 11.3 Å². The zero-order valence-corrected chi connectivity index (χ0v) is 13.1. The summed E-state index contributed by atoms with van der Waals surface area (Å²) in [6.45, 7) is 4.91. The highest BCUT2D eigenvalue weighted by molar-refractivity contribution is 7.18. The van der Waals surface area contributed by atoms with E-state index in [0.29, 0.717) is 18.4 Å². The largest absolute Gasteiger partial charge is 0.314 e. The van der Waals surface area contributed by atoms with Gasteiger partial charge < -0.3 is 5.32 Å². The van der Waals surface area contributed by atoms with Crippen molar-refractivity contribution in [1.82, 2.24) is 10.3 Å². The number of nitro benzene ring substituents is 1. The van der Waals surface area contributed by atoms with E-state index in [4.69, 9.17) is 0 Å². The lowest BCUT2D eigenvalue weighted by Gasteiger charge is -2.17. The van der Waals surface area contributed by atoms with Crippen LogP contribution in [0.3, 0.4) is 0 Å². The van der Waals surface area contributed by atoms with Crippen LogP contribution in [0.25, 0.3) is 10.2 Å². The van der Waals surface area contributed by atoms with Crippen LogP contribution in [0.5, 0.6) is 0 Å². The number of hydrogen-bond donors (Lipinski definition) is 1. The zero-order chi connectivity index (χ0) is 15.0. The van der Waals surface area contributed by atoms with Crippen molar-refractivity contribution in [3.05, 3.63) is 32.8 Å². The molecule has 21 heavy (non-hydrogen) atoms. The number of hydrogen-bond acceptors (Lipinski definition) is 5. The van der Waals surface area contributed by atoms with E-state index in [1.807, 2.05) is 13.0 Å². The molecule has 2 aromatic rings. The standard InChI is InChI=1S/C15H19N3O2S/c1-3-16-12(10-4-5-10)6-11-7-13-15(21-9(2)17-13)8-14(11)18(19)20/h7-8,10,12,16H,3-6H2,1-2H3. The van der Waals surface area contributed by atoms with Gasteiger partial charge in [-0.15, -0.1) is 11.3 Å². The average molecular weight is 305 g/mol. The molecule has 0 aliphatic heterocycles. The predicted octanol–water partition coefficient (Wildman–Crippen LogP) is 3.44. The van der Waals surface area contributed by atoms with Crippen LogP contribution in [0.1, 0.15) is 30.3 Å². The fraction of sp³-hybridized carbons (Fsp3) is 0.533. The van der Waals surface area contributed by atoms with E-state index in [1.165, 1.54) is 24.2 Å². The van der Waals surface area contributed by atoms with Crippen LogP contribution in [0, 0.1) is 23.0 Å². The lowest BCUT2D eigenvalue weighted by atomic mass is 10.00. The van der Waals surface area contributed by atoms with Gasteiger partial charge in [-0.05, 0) is 44.7 Å². The third kappa shape index (κ3) is 3.06. The molecule has 1 heterocycles. The number of nitrogens with zero attached hydrogens (tertiary/aromatic N) is 2. The summed E-state index contributed by atoms with van der Waals surface area (Å²) >= 11 is 1.51. The number of likely N-dealkylation sites (N-methyl/N-ethyl adjacent to an activating group) is 1. The number of aromatic nitrogens is 1. The molecule has 1 unspecified atom stereocenters. The van der Waals surface area contributed by atoms with Crippen molar-refractivity contribution in [2.45, 2.75) is 39.2 Å². The highest BCUT2D eigenvalue weighted by atomic mass is 32.1. The van der Waals surface area contributed by atoms with E-state index in [9.17, 15) is 10.1 Å². The monoisotopic (exact) mass is 305 g/mol. The van der Waals surface area contributed by atoms with Gasteiger partial charge in [0.25, 0.3) is 5.69 Å². The molecule has 1 saturated carbocycles. The van der Waals surface area contributed by atoms with Crippen molar-refractivity contribution in [2.75, 3.05) is 6.54 Å². The Morgan fingerprint density at radius 2 is 2.29 bits per heavy atom. The van der Waals surface area contributed by atoms with Crippen LogP contribution < -0.4 is 5.32 Å². The van der Waals surface area contributed by atoms with Gasteiger partial charge in [0.2, 0.25) is 0 Å². The molecule has 1 N–H and O–H groups in total. The molecule has 0 bridgehead atoms. The minimum absolute atomic E-state index is 0.231. The summed E-state index contributed by atoms with van der Waals surface area (Å²) in [5.74, 6) is 0.664. The topological polar surface area (TPSA) is 68.1 Å². The second-order valence-corrected chi connectivity index (χ2v) is 6.88. The van der Waals surface area contributed by atoms with Gasteiger partial charge in [0.15, 0.2) is 0 Å². The second kappa shape index (κ2) is 5.69. The molecule has 1 fully saturated rings. The number of rotatable bonds is 6.